The van der Waals surface area contributed by atoms with E-state index in [0.717, 1.165) is 5.56 Å². The molecule has 0 aliphatic heterocycles. The lowest BCUT2D eigenvalue weighted by atomic mass is 10.1. The van der Waals surface area contributed by atoms with Gasteiger partial charge < -0.3 is 16.2 Å². The van der Waals surface area contributed by atoms with E-state index in [1.165, 1.54) is 23.6 Å². The van der Waals surface area contributed by atoms with Crippen molar-refractivity contribution in [1.29, 1.82) is 0 Å². The molecule has 0 bridgehead atoms. The Morgan fingerprint density at radius 3 is 2.56 bits per heavy atom. The van der Waals surface area contributed by atoms with E-state index in [1.807, 2.05) is 30.3 Å². The molecule has 0 unspecified atom stereocenters. The van der Waals surface area contributed by atoms with Crippen molar-refractivity contribution in [2.24, 2.45) is 5.73 Å². The fraction of sp³-hybridized carbons (Fsp3) is 0.100. The van der Waals surface area contributed by atoms with Gasteiger partial charge in [0.1, 0.15) is 5.56 Å². The Morgan fingerprint density at radius 1 is 1.26 bits per heavy atom. The molecule has 0 spiro atoms. The van der Waals surface area contributed by atoms with Gasteiger partial charge in [-0.25, -0.2) is 4.79 Å². The maximum Gasteiger partial charge on any atom is 0.339 e. The number of thiophene rings is 1. The number of anilines is 1. The van der Waals surface area contributed by atoms with Crippen molar-refractivity contribution in [3.63, 3.8) is 0 Å². The van der Waals surface area contributed by atoms with E-state index >= 15 is 0 Å². The third-order valence-electron chi connectivity index (χ3n) is 3.65. The van der Waals surface area contributed by atoms with Crippen molar-refractivity contribution >= 4 is 46.1 Å². The quantitative estimate of drug-likeness (QED) is 0.561. The Balaban J connectivity index is 2.17. The van der Waals surface area contributed by atoms with Crippen LogP contribution in [-0.2, 0) is 11.2 Å². The Bertz CT molecular complexity index is 901. The number of nitrogens with one attached hydrogen (secondary N) is 1. The van der Waals surface area contributed by atoms with Crippen LogP contribution in [0.15, 0.2) is 65.7 Å². The number of benzene rings is 1. The summed E-state index contributed by atoms with van der Waals surface area (Å²) in [5.41, 5.74) is 7.38. The van der Waals surface area contributed by atoms with Crippen LogP contribution in [0.25, 0.3) is 5.57 Å². The average molecular weight is 403 g/mol. The molecule has 140 valence electrons. The molecule has 0 aliphatic rings. The molecule has 1 amide bonds. The van der Waals surface area contributed by atoms with Crippen LogP contribution in [0.1, 0.15) is 27.2 Å². The lowest BCUT2D eigenvalue weighted by molar-refractivity contribution is -0.116. The highest BCUT2D eigenvalue weighted by molar-refractivity contribution is 7.12. The first-order valence-corrected chi connectivity index (χ1v) is 9.31. The highest BCUT2D eigenvalue weighted by atomic mass is 35.5. The molecule has 0 atom stereocenters. The molecule has 0 aliphatic carbocycles. The standard InChI is InChI=1S/C20H19ClN2O3S/c1-13(21)7-9-15(11-22)19-18(20(25)26)16(12-27-19)23-17(24)10-8-14-5-3-2-4-6-14/h2-7,9,11-12H,1,8,10,22H2,(H,23,24)(H,25,26)/b9-7-,15-11+. The summed E-state index contributed by atoms with van der Waals surface area (Å²) >= 11 is 6.89. The number of halogens is 1. The molecule has 2 rings (SSSR count). The Labute approximate surface area is 166 Å². The summed E-state index contributed by atoms with van der Waals surface area (Å²) in [6.07, 6.45) is 5.20. The van der Waals surface area contributed by atoms with Crippen molar-refractivity contribution in [2.45, 2.75) is 12.8 Å². The third kappa shape index (κ3) is 5.84. The lowest BCUT2D eigenvalue weighted by Gasteiger charge is -2.07. The second kappa shape index (κ2) is 9.75. The second-order valence-electron chi connectivity index (χ2n) is 5.59. The molecular formula is C20H19ClN2O3S. The zero-order chi connectivity index (χ0) is 19.8. The van der Waals surface area contributed by atoms with Crippen LogP contribution in [0.2, 0.25) is 0 Å². The van der Waals surface area contributed by atoms with Gasteiger partial charge in [0.15, 0.2) is 0 Å². The van der Waals surface area contributed by atoms with Crippen LogP contribution in [0.4, 0.5) is 5.69 Å². The van der Waals surface area contributed by atoms with E-state index in [1.54, 1.807) is 11.5 Å². The van der Waals surface area contributed by atoms with Gasteiger partial charge in [-0.3, -0.25) is 4.79 Å². The minimum atomic E-state index is -1.15. The Morgan fingerprint density at radius 2 is 1.96 bits per heavy atom. The fourth-order valence-corrected chi connectivity index (χ4v) is 3.44. The Hall–Kier alpha value is -2.83. The molecule has 1 heterocycles. The normalized spacial score (nSPS) is 11.5. The number of rotatable bonds is 8. The van der Waals surface area contributed by atoms with Gasteiger partial charge >= 0.3 is 5.97 Å². The van der Waals surface area contributed by atoms with Gasteiger partial charge in [-0.2, -0.15) is 0 Å². The molecule has 2 aromatic rings. The number of nitrogens with two attached hydrogens (primary N) is 1. The molecule has 0 radical (unpaired) electrons. The number of aryl methyl sites for hydroxylation is 1. The van der Waals surface area contributed by atoms with Crippen LogP contribution < -0.4 is 11.1 Å². The zero-order valence-electron chi connectivity index (χ0n) is 14.4. The first kappa shape index (κ1) is 20.5. The SMILES string of the molecule is C=C(Cl)/C=C\C(=C/N)c1scc(NC(=O)CCc2ccccc2)c1C(=O)O. The van der Waals surface area contributed by atoms with Gasteiger partial charge in [-0.1, -0.05) is 54.6 Å². The molecule has 0 saturated carbocycles. The summed E-state index contributed by atoms with van der Waals surface area (Å²) in [5, 5.41) is 14.2. The first-order valence-electron chi connectivity index (χ1n) is 8.05. The monoisotopic (exact) mass is 402 g/mol. The minimum Gasteiger partial charge on any atom is -0.478 e. The summed E-state index contributed by atoms with van der Waals surface area (Å²) in [7, 11) is 0. The van der Waals surface area contributed by atoms with Crippen LogP contribution in [-0.4, -0.2) is 17.0 Å². The maximum absolute atomic E-state index is 12.2. The van der Waals surface area contributed by atoms with Gasteiger partial charge in [0.05, 0.1) is 10.6 Å². The third-order valence-corrected chi connectivity index (χ3v) is 4.80. The Kier molecular flexibility index (Phi) is 7.40. The number of allylic oxidation sites excluding steroid dienone is 4. The van der Waals surface area contributed by atoms with Crippen molar-refractivity contribution in [3.8, 4) is 0 Å². The van der Waals surface area contributed by atoms with Crippen molar-refractivity contribution in [2.75, 3.05) is 5.32 Å². The first-order chi connectivity index (χ1) is 12.9. The number of amides is 1. The summed E-state index contributed by atoms with van der Waals surface area (Å²) in [5.74, 6) is -1.41. The highest BCUT2D eigenvalue weighted by Gasteiger charge is 2.21. The molecular weight excluding hydrogens is 384 g/mol. The number of carboxylic acids is 1. The number of aromatic carboxylic acids is 1. The van der Waals surface area contributed by atoms with E-state index in [2.05, 4.69) is 11.9 Å². The van der Waals surface area contributed by atoms with Gasteiger partial charge in [-0.05, 0) is 18.1 Å². The summed E-state index contributed by atoms with van der Waals surface area (Å²) in [6.45, 7) is 3.54. The lowest BCUT2D eigenvalue weighted by Crippen LogP contribution is -2.14. The molecule has 1 aromatic carbocycles. The smallest absolute Gasteiger partial charge is 0.339 e. The van der Waals surface area contributed by atoms with Crippen molar-refractivity contribution in [1.82, 2.24) is 0 Å². The minimum absolute atomic E-state index is 0.00500. The number of hydrogen-bond donors (Lipinski definition) is 3. The number of carbonyl (C=O) groups excluding carboxylic acids is 1. The highest BCUT2D eigenvalue weighted by Crippen LogP contribution is 2.33. The zero-order valence-corrected chi connectivity index (χ0v) is 16.0. The van der Waals surface area contributed by atoms with Crippen LogP contribution >= 0.6 is 22.9 Å². The summed E-state index contributed by atoms with van der Waals surface area (Å²) in [4.78, 5) is 24.4. The van der Waals surface area contributed by atoms with Crippen LogP contribution in [0.3, 0.4) is 0 Å². The van der Waals surface area contributed by atoms with Crippen LogP contribution in [0, 0.1) is 0 Å². The van der Waals surface area contributed by atoms with E-state index in [-0.39, 0.29) is 28.6 Å². The second-order valence-corrected chi connectivity index (χ2v) is 6.96. The molecule has 7 heteroatoms. The largest absolute Gasteiger partial charge is 0.478 e. The average Bonchev–Trinajstić information content (AvgIpc) is 3.05. The molecule has 0 fully saturated rings. The molecule has 4 N–H and O–H groups in total. The van der Waals surface area contributed by atoms with Gasteiger partial charge in [0.2, 0.25) is 5.91 Å². The molecule has 1 aromatic heterocycles. The maximum atomic E-state index is 12.2. The predicted molar refractivity (Wildman–Crippen MR) is 111 cm³/mol. The topological polar surface area (TPSA) is 92.4 Å². The summed E-state index contributed by atoms with van der Waals surface area (Å²) < 4.78 is 0. The van der Waals surface area contributed by atoms with E-state index in [9.17, 15) is 14.7 Å². The van der Waals surface area contributed by atoms with E-state index < -0.39 is 5.97 Å². The van der Waals surface area contributed by atoms with Gasteiger partial charge in [0, 0.05) is 28.6 Å². The predicted octanol–water partition coefficient (Wildman–Crippen LogP) is 4.63. The van der Waals surface area contributed by atoms with Gasteiger partial charge in [-0.15, -0.1) is 11.3 Å². The van der Waals surface area contributed by atoms with Crippen molar-refractivity contribution < 1.29 is 14.7 Å². The number of carbonyl (C=O) groups is 2. The number of carboxylic acid groups (broad SMARTS) is 1. The van der Waals surface area contributed by atoms with Crippen LogP contribution in [0.5, 0.6) is 0 Å². The van der Waals surface area contributed by atoms with Gasteiger partial charge in [0.25, 0.3) is 0 Å². The van der Waals surface area contributed by atoms with E-state index in [4.69, 9.17) is 17.3 Å². The van der Waals surface area contributed by atoms with E-state index in [0.29, 0.717) is 16.9 Å². The fourth-order valence-electron chi connectivity index (χ4n) is 2.38. The molecule has 27 heavy (non-hydrogen) atoms. The molecule has 0 saturated heterocycles. The summed E-state index contributed by atoms with van der Waals surface area (Å²) in [6, 6.07) is 9.60. The molecule has 5 nitrogen and oxygen atoms in total. The number of hydrogen-bond acceptors (Lipinski definition) is 4. The van der Waals surface area contributed by atoms with Crippen molar-refractivity contribution in [3.05, 3.63) is 81.7 Å².